The minimum atomic E-state index is -0.741. The van der Waals surface area contributed by atoms with Crippen LogP contribution >= 0.6 is 0 Å². The highest BCUT2D eigenvalue weighted by Crippen LogP contribution is 2.64. The maximum Gasteiger partial charge on any atom is 0.309 e. The average Bonchev–Trinajstić information content (AvgIpc) is 3.13. The predicted octanol–water partition coefficient (Wildman–Crippen LogP) is 3.47. The summed E-state index contributed by atoms with van der Waals surface area (Å²) in [6.07, 6.45) is 5.87. The predicted molar refractivity (Wildman–Crippen MR) is 112 cm³/mol. The van der Waals surface area contributed by atoms with Crippen molar-refractivity contribution in [1.29, 1.82) is 0 Å². The first-order chi connectivity index (χ1) is 14.6. The zero-order valence-electron chi connectivity index (χ0n) is 19.2. The Kier molecular flexibility index (Phi) is 7.11. The van der Waals surface area contributed by atoms with Crippen LogP contribution in [0.4, 0.5) is 0 Å². The average molecular weight is 437 g/mol. The Morgan fingerprint density at radius 3 is 2.52 bits per heavy atom. The topological polar surface area (TPSA) is 96.0 Å². The van der Waals surface area contributed by atoms with Gasteiger partial charge in [-0.05, 0) is 55.8 Å². The van der Waals surface area contributed by atoms with Crippen molar-refractivity contribution in [3.05, 3.63) is 0 Å². The van der Waals surface area contributed by atoms with E-state index in [-0.39, 0.29) is 47.6 Å². The number of aldehydes is 1. The molecule has 0 amide bonds. The van der Waals surface area contributed by atoms with Crippen molar-refractivity contribution in [2.75, 3.05) is 13.2 Å². The molecular weight excluding hydrogens is 400 g/mol. The molecule has 1 aliphatic heterocycles. The Morgan fingerprint density at radius 1 is 1.19 bits per heavy atom. The van der Waals surface area contributed by atoms with Crippen molar-refractivity contribution >= 4 is 24.2 Å². The number of cyclic esters (lactones) is 1. The van der Waals surface area contributed by atoms with E-state index < -0.39 is 17.5 Å². The van der Waals surface area contributed by atoms with E-state index in [1.807, 2.05) is 0 Å². The molecule has 0 N–H and O–H groups in total. The van der Waals surface area contributed by atoms with Gasteiger partial charge in [-0.1, -0.05) is 20.3 Å². The molecule has 7 heteroatoms. The van der Waals surface area contributed by atoms with Gasteiger partial charge in [0.1, 0.15) is 19.0 Å². The summed E-state index contributed by atoms with van der Waals surface area (Å²) in [5.41, 5.74) is -0.921. The monoisotopic (exact) mass is 436 g/mol. The van der Waals surface area contributed by atoms with Crippen LogP contribution in [0.2, 0.25) is 0 Å². The number of rotatable bonds is 7. The standard InChI is InChI=1S/C24H36O7/c1-15-12-21(31-17(3)27)24(14-30-16(2)26)19(13-25)6-5-7-20(24)23(15,4)10-8-18-9-11-29-22(18)28/h13,15,18-21H,5-12,14H2,1-4H3/t15-,18?,19-,20-,21+,23+,24+/m1/s1. The smallest absolute Gasteiger partial charge is 0.309 e. The molecule has 0 aromatic rings. The summed E-state index contributed by atoms with van der Waals surface area (Å²) in [6, 6.07) is 0. The van der Waals surface area contributed by atoms with Crippen LogP contribution in [0, 0.1) is 34.5 Å². The van der Waals surface area contributed by atoms with Crippen LogP contribution in [0.1, 0.15) is 72.6 Å². The highest BCUT2D eigenvalue weighted by Gasteiger charge is 2.64. The molecule has 31 heavy (non-hydrogen) atoms. The Balaban J connectivity index is 1.99. The summed E-state index contributed by atoms with van der Waals surface area (Å²) >= 11 is 0. The SMILES string of the molecule is CC(=O)OC[C@@]12[C@@H](OC(C)=O)C[C@@H](C)[C@](C)(CCC3CCOC3=O)[C@H]1CCC[C@@H]2C=O. The number of hydrogen-bond donors (Lipinski definition) is 0. The van der Waals surface area contributed by atoms with Crippen LogP contribution in [0.25, 0.3) is 0 Å². The van der Waals surface area contributed by atoms with Gasteiger partial charge in [0.15, 0.2) is 0 Å². The maximum atomic E-state index is 12.3. The van der Waals surface area contributed by atoms with Gasteiger partial charge in [-0.3, -0.25) is 14.4 Å². The molecule has 7 nitrogen and oxygen atoms in total. The van der Waals surface area contributed by atoms with Gasteiger partial charge in [0.25, 0.3) is 0 Å². The summed E-state index contributed by atoms with van der Waals surface area (Å²) in [4.78, 5) is 48.1. The van der Waals surface area contributed by atoms with E-state index in [4.69, 9.17) is 14.2 Å². The van der Waals surface area contributed by atoms with Crippen molar-refractivity contribution in [3.8, 4) is 0 Å². The van der Waals surface area contributed by atoms with Crippen LogP contribution < -0.4 is 0 Å². The lowest BCUT2D eigenvalue weighted by Crippen LogP contribution is -2.64. The molecule has 0 aromatic heterocycles. The Morgan fingerprint density at radius 2 is 1.94 bits per heavy atom. The molecule has 3 aliphatic rings. The molecule has 174 valence electrons. The highest BCUT2D eigenvalue weighted by molar-refractivity contribution is 5.74. The second-order valence-electron chi connectivity index (χ2n) is 10.1. The number of ether oxygens (including phenoxy) is 3. The lowest BCUT2D eigenvalue weighted by Gasteiger charge is -2.62. The van der Waals surface area contributed by atoms with Gasteiger partial charge in [-0.2, -0.15) is 0 Å². The zero-order chi connectivity index (χ0) is 22.8. The molecular formula is C24H36O7. The summed E-state index contributed by atoms with van der Waals surface area (Å²) in [6.45, 7) is 7.71. The van der Waals surface area contributed by atoms with E-state index in [1.54, 1.807) is 0 Å². The molecule has 7 atom stereocenters. The van der Waals surface area contributed by atoms with Crippen LogP contribution in [0.15, 0.2) is 0 Å². The molecule has 2 aliphatic carbocycles. The third-order valence-electron chi connectivity index (χ3n) is 8.51. The summed E-state index contributed by atoms with van der Waals surface area (Å²) in [5.74, 6) is -1.08. The first-order valence-electron chi connectivity index (χ1n) is 11.6. The van der Waals surface area contributed by atoms with E-state index in [2.05, 4.69) is 13.8 Å². The van der Waals surface area contributed by atoms with Crippen LogP contribution in [0.3, 0.4) is 0 Å². The molecule has 3 rings (SSSR count). The van der Waals surface area contributed by atoms with Crippen LogP contribution in [-0.2, 0) is 33.4 Å². The Hall–Kier alpha value is -1.92. The maximum absolute atomic E-state index is 12.3. The molecule has 0 spiro atoms. The van der Waals surface area contributed by atoms with Crippen LogP contribution in [0.5, 0.6) is 0 Å². The first kappa shape index (κ1) is 23.7. The third kappa shape index (κ3) is 4.37. The lowest BCUT2D eigenvalue weighted by atomic mass is 9.43. The summed E-state index contributed by atoms with van der Waals surface area (Å²) in [5, 5.41) is 0. The molecule has 3 fully saturated rings. The number of fused-ring (bicyclic) bond motifs is 1. The minimum absolute atomic E-state index is 0.0359. The van der Waals surface area contributed by atoms with Crippen molar-refractivity contribution in [2.45, 2.75) is 78.7 Å². The van der Waals surface area contributed by atoms with Gasteiger partial charge in [-0.25, -0.2) is 0 Å². The Labute approximate surface area is 184 Å². The van der Waals surface area contributed by atoms with Crippen molar-refractivity contribution in [3.63, 3.8) is 0 Å². The molecule has 1 heterocycles. The van der Waals surface area contributed by atoms with Gasteiger partial charge in [-0.15, -0.1) is 0 Å². The number of esters is 3. The second-order valence-corrected chi connectivity index (χ2v) is 10.1. The van der Waals surface area contributed by atoms with Crippen molar-refractivity contribution in [2.24, 2.45) is 34.5 Å². The molecule has 0 radical (unpaired) electrons. The van der Waals surface area contributed by atoms with Crippen molar-refractivity contribution in [1.82, 2.24) is 0 Å². The summed E-state index contributed by atoms with van der Waals surface area (Å²) < 4.78 is 16.5. The fourth-order valence-electron chi connectivity index (χ4n) is 6.68. The third-order valence-corrected chi connectivity index (χ3v) is 8.51. The van der Waals surface area contributed by atoms with Gasteiger partial charge in [0.2, 0.25) is 0 Å². The van der Waals surface area contributed by atoms with E-state index in [9.17, 15) is 19.2 Å². The van der Waals surface area contributed by atoms with Gasteiger partial charge in [0.05, 0.1) is 17.9 Å². The second kappa shape index (κ2) is 9.29. The molecule has 0 aromatic carbocycles. The zero-order valence-corrected chi connectivity index (χ0v) is 19.2. The van der Waals surface area contributed by atoms with E-state index in [0.717, 1.165) is 38.4 Å². The van der Waals surface area contributed by atoms with E-state index >= 15 is 0 Å². The Bertz CT molecular complexity index is 719. The first-order valence-corrected chi connectivity index (χ1v) is 11.6. The fraction of sp³-hybridized carbons (Fsp3) is 0.833. The van der Waals surface area contributed by atoms with Gasteiger partial charge in [0, 0.05) is 19.8 Å². The van der Waals surface area contributed by atoms with E-state index in [1.165, 1.54) is 13.8 Å². The number of carbonyl (C=O) groups is 4. The molecule has 2 saturated carbocycles. The minimum Gasteiger partial charge on any atom is -0.465 e. The fourth-order valence-corrected chi connectivity index (χ4v) is 6.68. The number of hydrogen-bond acceptors (Lipinski definition) is 7. The number of carbonyl (C=O) groups excluding carboxylic acids is 4. The van der Waals surface area contributed by atoms with Crippen LogP contribution in [-0.4, -0.2) is 43.5 Å². The normalized spacial score (nSPS) is 39.9. The largest absolute Gasteiger partial charge is 0.465 e. The molecule has 1 saturated heterocycles. The summed E-state index contributed by atoms with van der Waals surface area (Å²) in [7, 11) is 0. The van der Waals surface area contributed by atoms with E-state index in [0.29, 0.717) is 19.4 Å². The molecule has 0 bridgehead atoms. The lowest BCUT2D eigenvalue weighted by molar-refractivity contribution is -0.222. The highest BCUT2D eigenvalue weighted by atomic mass is 16.6. The van der Waals surface area contributed by atoms with Gasteiger partial charge >= 0.3 is 17.9 Å². The molecule has 1 unspecified atom stereocenters. The quantitative estimate of drug-likeness (QED) is 0.342. The van der Waals surface area contributed by atoms with Crippen molar-refractivity contribution < 1.29 is 33.4 Å². The van der Waals surface area contributed by atoms with Gasteiger partial charge < -0.3 is 19.0 Å².